The second-order valence-electron chi connectivity index (χ2n) is 13.5. The van der Waals surface area contributed by atoms with Gasteiger partial charge in [-0.3, -0.25) is 28.8 Å². The van der Waals surface area contributed by atoms with E-state index in [4.69, 9.17) is 33.2 Å². The van der Waals surface area contributed by atoms with Crippen molar-refractivity contribution in [3.05, 3.63) is 23.8 Å². The summed E-state index contributed by atoms with van der Waals surface area (Å²) in [6.07, 6.45) is -5.47. The molecule has 0 aromatic carbocycles. The van der Waals surface area contributed by atoms with Gasteiger partial charge in [0.05, 0.1) is 24.5 Å². The molecule has 0 amide bonds. The van der Waals surface area contributed by atoms with Crippen molar-refractivity contribution in [2.45, 2.75) is 110 Å². The number of carbonyl (C=O) groups is 6. The van der Waals surface area contributed by atoms with Crippen molar-refractivity contribution < 1.29 is 72.1 Å². The predicted octanol–water partition coefficient (Wildman–Crippen LogP) is 0.857. The SMILES string of the molecule is CC(=O)O[C@H]1[C@@H](OC(C)=O)[C@]2(CO2)[C@@H]2[C@H](OC(C)=O)[C@@]3(O)[C@H](C=C(CO)C=C[C@H](OC(C)=O)[C@@]2(C)[C@H]1OC(=O)CC(C)C)OC(=O)[C@@H]3C. The summed E-state index contributed by atoms with van der Waals surface area (Å²) in [5.74, 6) is -7.97. The number of aliphatic hydroxyl groups is 2. The van der Waals surface area contributed by atoms with E-state index in [2.05, 4.69) is 0 Å². The van der Waals surface area contributed by atoms with Crippen molar-refractivity contribution in [2.24, 2.45) is 23.2 Å². The number of hydrogen-bond acceptors (Lipinski definition) is 15. The Morgan fingerprint density at radius 2 is 1.48 bits per heavy atom. The first-order valence-electron chi connectivity index (χ1n) is 15.8. The monoisotopic (exact) mass is 680 g/mol. The fraction of sp³-hybridized carbons (Fsp3) is 0.697. The van der Waals surface area contributed by atoms with Crippen molar-refractivity contribution in [1.29, 1.82) is 0 Å². The number of fused-ring (bicyclic) bond motifs is 3. The van der Waals surface area contributed by atoms with Crippen molar-refractivity contribution in [3.63, 3.8) is 0 Å². The van der Waals surface area contributed by atoms with Crippen LogP contribution in [0.3, 0.4) is 0 Å². The van der Waals surface area contributed by atoms with Gasteiger partial charge in [-0.15, -0.1) is 0 Å². The molecule has 1 spiro atoms. The number of ether oxygens (including phenoxy) is 7. The van der Waals surface area contributed by atoms with Crippen LogP contribution < -0.4 is 0 Å². The molecule has 2 N–H and O–H groups in total. The molecule has 2 saturated heterocycles. The van der Waals surface area contributed by atoms with Crippen LogP contribution in [0.2, 0.25) is 0 Å². The van der Waals surface area contributed by atoms with E-state index in [-0.39, 0.29) is 24.5 Å². The van der Waals surface area contributed by atoms with Crippen LogP contribution in [0.4, 0.5) is 0 Å². The van der Waals surface area contributed by atoms with E-state index in [0.29, 0.717) is 0 Å². The second-order valence-corrected chi connectivity index (χ2v) is 13.5. The highest BCUT2D eigenvalue weighted by Gasteiger charge is 2.81. The van der Waals surface area contributed by atoms with Crippen LogP contribution in [0.25, 0.3) is 0 Å². The first-order valence-corrected chi connectivity index (χ1v) is 15.8. The minimum absolute atomic E-state index is 0.103. The van der Waals surface area contributed by atoms with Crippen LogP contribution in [0.1, 0.15) is 61.8 Å². The maximum absolute atomic E-state index is 13.5. The van der Waals surface area contributed by atoms with Gasteiger partial charge in [0.2, 0.25) is 0 Å². The number of rotatable bonds is 8. The highest BCUT2D eigenvalue weighted by molar-refractivity contribution is 5.78. The van der Waals surface area contributed by atoms with Gasteiger partial charge in [-0.2, -0.15) is 0 Å². The van der Waals surface area contributed by atoms with Gasteiger partial charge in [-0.1, -0.05) is 26.8 Å². The molecule has 266 valence electrons. The van der Waals surface area contributed by atoms with Crippen LogP contribution in [-0.4, -0.2) is 107 Å². The first kappa shape index (κ1) is 37.0. The average molecular weight is 681 g/mol. The Labute approximate surface area is 277 Å². The summed E-state index contributed by atoms with van der Waals surface area (Å²) in [7, 11) is 0. The molecule has 0 unspecified atom stereocenters. The van der Waals surface area contributed by atoms with E-state index in [0.717, 1.165) is 27.7 Å². The Kier molecular flexibility index (Phi) is 10.5. The molecule has 4 aliphatic rings. The van der Waals surface area contributed by atoms with Crippen molar-refractivity contribution in [3.8, 4) is 0 Å². The molecule has 0 aromatic heterocycles. The Balaban J connectivity index is 2.16. The molecular formula is C33H44O15. The molecular weight excluding hydrogens is 636 g/mol. The molecule has 11 atom stereocenters. The molecule has 2 aliphatic heterocycles. The van der Waals surface area contributed by atoms with Gasteiger partial charge in [0.15, 0.2) is 30.0 Å². The zero-order valence-corrected chi connectivity index (χ0v) is 28.3. The van der Waals surface area contributed by atoms with E-state index in [1.807, 2.05) is 0 Å². The summed E-state index contributed by atoms with van der Waals surface area (Å²) in [4.78, 5) is 77.6. The summed E-state index contributed by atoms with van der Waals surface area (Å²) in [6, 6.07) is 0. The van der Waals surface area contributed by atoms with Crippen LogP contribution in [0, 0.1) is 23.2 Å². The molecule has 3 fully saturated rings. The minimum atomic E-state index is -2.39. The third-order valence-corrected chi connectivity index (χ3v) is 9.53. The smallest absolute Gasteiger partial charge is 0.312 e. The van der Waals surface area contributed by atoms with Gasteiger partial charge < -0.3 is 43.4 Å². The minimum Gasteiger partial charge on any atom is -0.459 e. The first-order chi connectivity index (χ1) is 22.3. The van der Waals surface area contributed by atoms with Crippen LogP contribution >= 0.6 is 0 Å². The number of aliphatic hydroxyl groups excluding tert-OH is 1. The lowest BCUT2D eigenvalue weighted by Crippen LogP contribution is -2.76. The van der Waals surface area contributed by atoms with Gasteiger partial charge in [-0.05, 0) is 30.6 Å². The fourth-order valence-corrected chi connectivity index (χ4v) is 7.46. The van der Waals surface area contributed by atoms with E-state index in [1.54, 1.807) is 13.8 Å². The quantitative estimate of drug-likeness (QED) is 0.207. The van der Waals surface area contributed by atoms with Crippen LogP contribution in [0.15, 0.2) is 23.8 Å². The molecule has 0 bridgehead atoms. The number of epoxide rings is 1. The fourth-order valence-electron chi connectivity index (χ4n) is 7.46. The Hall–Kier alpha value is -3.82. The largest absolute Gasteiger partial charge is 0.459 e. The van der Waals surface area contributed by atoms with Crippen molar-refractivity contribution >= 4 is 35.8 Å². The molecule has 15 heteroatoms. The molecule has 0 aromatic rings. The molecule has 0 radical (unpaired) electrons. The predicted molar refractivity (Wildman–Crippen MR) is 160 cm³/mol. The topological polar surface area (TPSA) is 211 Å². The van der Waals surface area contributed by atoms with E-state index < -0.39 is 107 Å². The highest BCUT2D eigenvalue weighted by atomic mass is 16.7. The summed E-state index contributed by atoms with van der Waals surface area (Å²) in [5.41, 5.74) is -5.85. The normalized spacial score (nSPS) is 38.5. The Bertz CT molecular complexity index is 1390. The number of carbonyl (C=O) groups excluding carboxylic acids is 6. The lowest BCUT2D eigenvalue weighted by Gasteiger charge is -2.59. The zero-order valence-electron chi connectivity index (χ0n) is 28.3. The molecule has 4 rings (SSSR count). The van der Waals surface area contributed by atoms with Crippen molar-refractivity contribution in [1.82, 2.24) is 0 Å². The van der Waals surface area contributed by atoms with Gasteiger partial charge >= 0.3 is 35.8 Å². The molecule has 1 saturated carbocycles. The number of esters is 6. The van der Waals surface area contributed by atoms with E-state index >= 15 is 0 Å². The highest BCUT2D eigenvalue weighted by Crippen LogP contribution is 2.63. The second kappa shape index (κ2) is 13.6. The van der Waals surface area contributed by atoms with Gasteiger partial charge in [0, 0.05) is 40.0 Å². The molecule has 15 nitrogen and oxygen atoms in total. The van der Waals surface area contributed by atoms with Crippen LogP contribution in [-0.2, 0) is 61.9 Å². The lowest BCUT2D eigenvalue weighted by molar-refractivity contribution is -0.279. The average Bonchev–Trinajstić information content (AvgIpc) is 3.71. The third-order valence-electron chi connectivity index (χ3n) is 9.53. The van der Waals surface area contributed by atoms with Crippen LogP contribution in [0.5, 0.6) is 0 Å². The summed E-state index contributed by atoms with van der Waals surface area (Å²) >= 11 is 0. The maximum Gasteiger partial charge on any atom is 0.312 e. The lowest BCUT2D eigenvalue weighted by atomic mass is 9.51. The standard InChI is InChI=1S/C33H44O15/c1-15(2)11-24(39)48-27-25(44-18(5)36)28(45-19(6)37)32(14-42-32)26-29(46-20(7)38)33(41)16(3)30(40)47-23(33)12-21(13-34)9-10-22(31(26,27)8)43-17(4)35/h9-10,12,15-16,22-23,25-29,34,41H,11,13-14H2,1-8H3/t16-,22-,23-,25+,26+,27-,28+,29-,31+,32-,33-/m0/s1. The van der Waals surface area contributed by atoms with E-state index in [1.165, 1.54) is 32.1 Å². The summed E-state index contributed by atoms with van der Waals surface area (Å²) < 4.78 is 41.1. The molecule has 2 aliphatic carbocycles. The molecule has 2 heterocycles. The maximum atomic E-state index is 13.5. The summed E-state index contributed by atoms with van der Waals surface area (Å²) in [5, 5.41) is 23.0. The van der Waals surface area contributed by atoms with Crippen molar-refractivity contribution in [2.75, 3.05) is 13.2 Å². The van der Waals surface area contributed by atoms with Gasteiger partial charge in [0.25, 0.3) is 0 Å². The van der Waals surface area contributed by atoms with E-state index in [9.17, 15) is 39.0 Å². The zero-order chi connectivity index (χ0) is 35.9. The Morgan fingerprint density at radius 3 is 1.98 bits per heavy atom. The van der Waals surface area contributed by atoms with Gasteiger partial charge in [-0.25, -0.2) is 0 Å². The third kappa shape index (κ3) is 6.59. The summed E-state index contributed by atoms with van der Waals surface area (Å²) in [6.45, 7) is 9.98. The Morgan fingerprint density at radius 1 is 0.917 bits per heavy atom. The number of hydrogen-bond donors (Lipinski definition) is 2. The molecule has 48 heavy (non-hydrogen) atoms. The van der Waals surface area contributed by atoms with Gasteiger partial charge in [0.1, 0.15) is 17.8 Å².